The third-order valence-corrected chi connectivity index (χ3v) is 6.53. The van der Waals surface area contributed by atoms with E-state index in [0.717, 1.165) is 6.42 Å². The summed E-state index contributed by atoms with van der Waals surface area (Å²) in [6.45, 7) is 14.1. The van der Waals surface area contributed by atoms with Gasteiger partial charge in [-0.15, -0.1) is 0 Å². The van der Waals surface area contributed by atoms with Crippen molar-refractivity contribution < 1.29 is 13.3 Å². The summed E-state index contributed by atoms with van der Waals surface area (Å²) < 4.78 is 16.9. The average Bonchev–Trinajstić information content (AvgIpc) is 2.48. The van der Waals surface area contributed by atoms with Crippen LogP contribution in [0.4, 0.5) is 0 Å². The molecule has 0 saturated heterocycles. The van der Waals surface area contributed by atoms with Crippen LogP contribution < -0.4 is 5.73 Å². The van der Waals surface area contributed by atoms with Gasteiger partial charge in [0.1, 0.15) is 0 Å². The molecule has 0 radical (unpaired) electrons. The number of hydrogen-bond acceptors (Lipinski definition) is 4. The average molecular weight is 322 g/mol. The lowest BCUT2D eigenvalue weighted by Crippen LogP contribution is -2.60. The van der Waals surface area contributed by atoms with Gasteiger partial charge in [-0.1, -0.05) is 52.9 Å². The molecular formula is C16H39NO3Si. The van der Waals surface area contributed by atoms with Crippen LogP contribution in [-0.4, -0.2) is 34.3 Å². The van der Waals surface area contributed by atoms with E-state index in [1.54, 1.807) is 0 Å². The molecule has 0 amide bonds. The largest absolute Gasteiger partial charge is 0.518 e. The molecular weight excluding hydrogens is 282 g/mol. The minimum atomic E-state index is -2.62. The van der Waals surface area contributed by atoms with Gasteiger partial charge in [0.2, 0.25) is 0 Å². The van der Waals surface area contributed by atoms with E-state index >= 15 is 0 Å². The first-order valence-corrected chi connectivity index (χ1v) is 10.6. The van der Waals surface area contributed by atoms with Crippen LogP contribution in [0.3, 0.4) is 0 Å². The van der Waals surface area contributed by atoms with Crippen LogP contribution in [0.1, 0.15) is 80.1 Å². The van der Waals surface area contributed by atoms with E-state index in [1.807, 2.05) is 27.7 Å². The Hall–Kier alpha value is 0.0569. The van der Waals surface area contributed by atoms with Crippen LogP contribution in [0.25, 0.3) is 0 Å². The number of hydrogen-bond donors (Lipinski definition) is 1. The van der Waals surface area contributed by atoms with Gasteiger partial charge in [0.25, 0.3) is 0 Å². The fourth-order valence-corrected chi connectivity index (χ4v) is 4.58. The van der Waals surface area contributed by atoms with Gasteiger partial charge < -0.3 is 19.0 Å². The highest BCUT2D eigenvalue weighted by molar-refractivity contribution is 6.62. The number of rotatable bonds is 12. The van der Waals surface area contributed by atoms with Gasteiger partial charge in [-0.25, -0.2) is 0 Å². The first-order valence-electron chi connectivity index (χ1n) is 8.75. The molecule has 5 heteroatoms. The third kappa shape index (κ3) is 11.3. The topological polar surface area (TPSA) is 53.7 Å². The standard InChI is InChI=1S/C9H23NO3Si.C7H16/c1-5-9(10)14(11-6-2,12-7-3)13-8-4;1-3-5-7-6-4-2/h9H,5-8,10H2,1-4H3;3-7H2,1-2H3. The van der Waals surface area contributed by atoms with Gasteiger partial charge in [0.15, 0.2) is 0 Å². The normalized spacial score (nSPS) is 12.7. The Morgan fingerprint density at radius 2 is 1.10 bits per heavy atom. The Morgan fingerprint density at radius 1 is 0.714 bits per heavy atom. The smallest absolute Gasteiger partial charge is 0.373 e. The molecule has 4 nitrogen and oxygen atoms in total. The van der Waals surface area contributed by atoms with Crippen LogP contribution in [0, 0.1) is 0 Å². The first-order chi connectivity index (χ1) is 10.1. The lowest BCUT2D eigenvalue weighted by Gasteiger charge is -2.32. The molecule has 0 spiro atoms. The lowest BCUT2D eigenvalue weighted by molar-refractivity contribution is 0.0618. The van der Waals surface area contributed by atoms with Crippen LogP contribution in [0.15, 0.2) is 0 Å². The monoisotopic (exact) mass is 321 g/mol. The molecule has 0 saturated carbocycles. The molecule has 0 fully saturated rings. The predicted molar refractivity (Wildman–Crippen MR) is 93.3 cm³/mol. The second-order valence-electron chi connectivity index (χ2n) is 4.98. The SMILES string of the molecule is CCCCCCC.CCO[Si](OCC)(OCC)C(N)CC. The van der Waals surface area contributed by atoms with Crippen molar-refractivity contribution in [1.82, 2.24) is 0 Å². The molecule has 130 valence electrons. The van der Waals surface area contributed by atoms with E-state index in [-0.39, 0.29) is 5.67 Å². The number of nitrogens with two attached hydrogens (primary N) is 1. The van der Waals surface area contributed by atoms with Crippen molar-refractivity contribution in [2.75, 3.05) is 19.8 Å². The minimum absolute atomic E-state index is 0.123. The zero-order valence-electron chi connectivity index (χ0n) is 15.2. The van der Waals surface area contributed by atoms with Gasteiger partial charge in [-0.05, 0) is 27.2 Å². The van der Waals surface area contributed by atoms with Gasteiger partial charge >= 0.3 is 8.80 Å². The van der Waals surface area contributed by atoms with Crippen molar-refractivity contribution in [3.8, 4) is 0 Å². The predicted octanol–water partition coefficient (Wildman–Crippen LogP) is 4.29. The van der Waals surface area contributed by atoms with Gasteiger partial charge in [-0.3, -0.25) is 0 Å². The Morgan fingerprint density at radius 3 is 1.33 bits per heavy atom. The van der Waals surface area contributed by atoms with Crippen LogP contribution in [0.5, 0.6) is 0 Å². The highest BCUT2D eigenvalue weighted by Crippen LogP contribution is 2.15. The van der Waals surface area contributed by atoms with Gasteiger partial charge in [-0.2, -0.15) is 0 Å². The Labute approximate surface area is 134 Å². The second-order valence-corrected chi connectivity index (χ2v) is 7.79. The summed E-state index contributed by atoms with van der Waals surface area (Å²) in [6.07, 6.45) is 7.82. The van der Waals surface area contributed by atoms with E-state index in [4.69, 9.17) is 19.0 Å². The Balaban J connectivity index is 0. The highest BCUT2D eigenvalue weighted by atomic mass is 28.4. The van der Waals surface area contributed by atoms with E-state index in [9.17, 15) is 0 Å². The molecule has 0 aliphatic heterocycles. The van der Waals surface area contributed by atoms with Crippen LogP contribution >= 0.6 is 0 Å². The molecule has 1 atom stereocenters. The summed E-state index contributed by atoms with van der Waals surface area (Å²) >= 11 is 0. The summed E-state index contributed by atoms with van der Waals surface area (Å²) in [5, 5.41) is 0. The maximum absolute atomic E-state index is 6.00. The van der Waals surface area contributed by atoms with E-state index in [2.05, 4.69) is 13.8 Å². The Kier molecular flexibility index (Phi) is 18.2. The van der Waals surface area contributed by atoms with Crippen molar-refractivity contribution in [3.63, 3.8) is 0 Å². The molecule has 0 aromatic rings. The lowest BCUT2D eigenvalue weighted by atomic mass is 10.2. The van der Waals surface area contributed by atoms with Crippen molar-refractivity contribution in [3.05, 3.63) is 0 Å². The molecule has 0 heterocycles. The molecule has 0 aliphatic rings. The maximum Gasteiger partial charge on any atom is 0.518 e. The Bertz CT molecular complexity index is 185. The summed E-state index contributed by atoms with van der Waals surface area (Å²) in [5.41, 5.74) is 5.87. The van der Waals surface area contributed by atoms with Crippen molar-refractivity contribution in [2.45, 2.75) is 85.7 Å². The minimum Gasteiger partial charge on any atom is -0.373 e. The third-order valence-electron chi connectivity index (χ3n) is 3.14. The molecule has 21 heavy (non-hydrogen) atoms. The zero-order valence-corrected chi connectivity index (χ0v) is 16.2. The molecule has 2 N–H and O–H groups in total. The fraction of sp³-hybridized carbons (Fsp3) is 1.00. The summed E-state index contributed by atoms with van der Waals surface area (Å²) in [4.78, 5) is 0. The first kappa shape index (κ1) is 23.3. The van der Waals surface area contributed by atoms with E-state index < -0.39 is 8.80 Å². The van der Waals surface area contributed by atoms with E-state index in [1.165, 1.54) is 32.1 Å². The van der Waals surface area contributed by atoms with Crippen molar-refractivity contribution in [2.24, 2.45) is 5.73 Å². The summed E-state index contributed by atoms with van der Waals surface area (Å²) in [6, 6.07) is 0. The maximum atomic E-state index is 6.00. The van der Waals surface area contributed by atoms with Crippen molar-refractivity contribution in [1.29, 1.82) is 0 Å². The van der Waals surface area contributed by atoms with Crippen LogP contribution in [0.2, 0.25) is 0 Å². The van der Waals surface area contributed by atoms with E-state index in [0.29, 0.717) is 19.8 Å². The molecule has 0 aromatic heterocycles. The molecule has 1 unspecified atom stereocenters. The van der Waals surface area contributed by atoms with Gasteiger partial charge in [0.05, 0.1) is 5.67 Å². The van der Waals surface area contributed by atoms with Gasteiger partial charge in [0, 0.05) is 19.8 Å². The summed E-state index contributed by atoms with van der Waals surface area (Å²) in [7, 11) is -2.62. The van der Waals surface area contributed by atoms with Crippen LogP contribution in [-0.2, 0) is 13.3 Å². The quantitative estimate of drug-likeness (QED) is 0.430. The molecule has 0 aliphatic carbocycles. The molecule has 0 bridgehead atoms. The number of unbranched alkanes of at least 4 members (excludes halogenated alkanes) is 4. The highest BCUT2D eigenvalue weighted by Gasteiger charge is 2.46. The molecule has 0 rings (SSSR count). The fourth-order valence-electron chi connectivity index (χ4n) is 1.98. The second kappa shape index (κ2) is 16.4. The summed E-state index contributed by atoms with van der Waals surface area (Å²) in [5.74, 6) is 0. The zero-order chi connectivity index (χ0) is 16.6. The van der Waals surface area contributed by atoms with Crippen molar-refractivity contribution >= 4 is 8.80 Å². The molecule has 0 aromatic carbocycles.